The Morgan fingerprint density at radius 3 is 2.47 bits per heavy atom. The van der Waals surface area contributed by atoms with Crippen molar-refractivity contribution in [3.05, 3.63) is 59.1 Å². The summed E-state index contributed by atoms with van der Waals surface area (Å²) in [6.07, 6.45) is 0. The van der Waals surface area contributed by atoms with Crippen molar-refractivity contribution < 1.29 is 9.90 Å². The van der Waals surface area contributed by atoms with E-state index in [0.717, 1.165) is 22.2 Å². The molecule has 3 rings (SSSR count). The predicted molar refractivity (Wildman–Crippen MR) is 75.7 cm³/mol. The molecule has 0 bridgehead atoms. The molecule has 0 radical (unpaired) electrons. The Morgan fingerprint density at radius 2 is 1.79 bits per heavy atom. The molecule has 0 aliphatic carbocycles. The lowest BCUT2D eigenvalue weighted by atomic mass is 10.1. The van der Waals surface area contributed by atoms with Gasteiger partial charge in [-0.1, -0.05) is 23.7 Å². The predicted octanol–water partition coefficient (Wildman–Crippen LogP) is 4.19. The third kappa shape index (κ3) is 2.20. The maximum Gasteiger partial charge on any atom is 0.335 e. The van der Waals surface area contributed by atoms with E-state index >= 15 is 0 Å². The van der Waals surface area contributed by atoms with E-state index in [1.807, 2.05) is 30.3 Å². The van der Waals surface area contributed by atoms with Gasteiger partial charge in [0.05, 0.1) is 5.56 Å². The highest BCUT2D eigenvalue weighted by atomic mass is 35.5. The summed E-state index contributed by atoms with van der Waals surface area (Å²) in [7, 11) is 0. The second kappa shape index (κ2) is 4.44. The number of halogens is 1. The summed E-state index contributed by atoms with van der Waals surface area (Å²) in [5.41, 5.74) is 3.15. The van der Waals surface area contributed by atoms with E-state index in [9.17, 15) is 4.79 Å². The van der Waals surface area contributed by atoms with Crippen molar-refractivity contribution >= 4 is 28.5 Å². The third-order valence-corrected chi connectivity index (χ3v) is 3.27. The smallest absolute Gasteiger partial charge is 0.335 e. The fourth-order valence-corrected chi connectivity index (χ4v) is 2.18. The fraction of sp³-hybridized carbons (Fsp3) is 0. The Bertz CT molecular complexity index is 759. The lowest BCUT2D eigenvalue weighted by Gasteiger charge is -1.97. The summed E-state index contributed by atoms with van der Waals surface area (Å²) >= 11 is 5.86. The molecule has 4 heteroatoms. The number of H-pyrrole nitrogens is 1. The molecule has 1 heterocycles. The van der Waals surface area contributed by atoms with Gasteiger partial charge in [0.1, 0.15) is 0 Å². The number of hydrogen-bond acceptors (Lipinski definition) is 1. The van der Waals surface area contributed by atoms with Crippen molar-refractivity contribution in [1.29, 1.82) is 0 Å². The van der Waals surface area contributed by atoms with Gasteiger partial charge in [0.15, 0.2) is 0 Å². The summed E-state index contributed by atoms with van der Waals surface area (Å²) in [5, 5.41) is 10.5. The number of aromatic nitrogens is 1. The number of carbonyl (C=O) groups is 1. The van der Waals surface area contributed by atoms with E-state index in [-0.39, 0.29) is 5.56 Å². The highest BCUT2D eigenvalue weighted by molar-refractivity contribution is 6.30. The third-order valence-electron chi connectivity index (χ3n) is 3.02. The van der Waals surface area contributed by atoms with Gasteiger partial charge in [-0.05, 0) is 42.0 Å². The van der Waals surface area contributed by atoms with Gasteiger partial charge in [-0.2, -0.15) is 0 Å². The molecule has 2 aromatic carbocycles. The average molecular weight is 272 g/mol. The molecule has 0 saturated heterocycles. The molecular weight excluding hydrogens is 262 g/mol. The van der Waals surface area contributed by atoms with Gasteiger partial charge in [-0.3, -0.25) is 0 Å². The van der Waals surface area contributed by atoms with Gasteiger partial charge in [-0.15, -0.1) is 0 Å². The number of benzene rings is 2. The average Bonchev–Trinajstić information content (AvgIpc) is 2.82. The first-order valence-corrected chi connectivity index (χ1v) is 6.13. The van der Waals surface area contributed by atoms with Crippen LogP contribution in [-0.4, -0.2) is 16.1 Å². The Labute approximate surface area is 114 Å². The molecule has 0 spiro atoms. The normalized spacial score (nSPS) is 10.8. The van der Waals surface area contributed by atoms with Crippen LogP contribution in [0.25, 0.3) is 22.2 Å². The monoisotopic (exact) mass is 271 g/mol. The molecule has 19 heavy (non-hydrogen) atoms. The van der Waals surface area contributed by atoms with Crippen LogP contribution in [0, 0.1) is 0 Å². The Balaban J connectivity index is 2.11. The zero-order valence-corrected chi connectivity index (χ0v) is 10.6. The lowest BCUT2D eigenvalue weighted by molar-refractivity contribution is 0.0697. The summed E-state index contributed by atoms with van der Waals surface area (Å²) < 4.78 is 0. The summed E-state index contributed by atoms with van der Waals surface area (Å²) in [6.45, 7) is 0. The molecule has 0 unspecified atom stereocenters. The Hall–Kier alpha value is -2.26. The molecule has 1 aromatic heterocycles. The van der Waals surface area contributed by atoms with E-state index in [0.29, 0.717) is 5.02 Å². The van der Waals surface area contributed by atoms with Crippen molar-refractivity contribution in [2.45, 2.75) is 0 Å². The molecule has 0 amide bonds. The standard InChI is InChI=1S/C15H10ClNO2/c16-12-4-1-9(2-5-12)14-8-11-7-10(15(18)19)3-6-13(11)17-14/h1-8,17H,(H,18,19). The maximum absolute atomic E-state index is 10.9. The summed E-state index contributed by atoms with van der Waals surface area (Å²) in [5.74, 6) is -0.920. The highest BCUT2D eigenvalue weighted by Gasteiger charge is 2.07. The number of rotatable bonds is 2. The van der Waals surface area contributed by atoms with Crippen LogP contribution in [0.5, 0.6) is 0 Å². The topological polar surface area (TPSA) is 53.1 Å². The first kappa shape index (κ1) is 11.8. The maximum atomic E-state index is 10.9. The Morgan fingerprint density at radius 1 is 1.05 bits per heavy atom. The van der Waals surface area contributed by atoms with Crippen LogP contribution in [0.15, 0.2) is 48.5 Å². The minimum atomic E-state index is -0.920. The lowest BCUT2D eigenvalue weighted by Crippen LogP contribution is -1.94. The van der Waals surface area contributed by atoms with Gasteiger partial charge in [-0.25, -0.2) is 4.79 Å². The second-order valence-electron chi connectivity index (χ2n) is 4.30. The molecule has 0 aliphatic heterocycles. The van der Waals surface area contributed by atoms with E-state index in [1.165, 1.54) is 0 Å². The number of aromatic carboxylic acids is 1. The number of aromatic amines is 1. The largest absolute Gasteiger partial charge is 0.478 e. The van der Waals surface area contributed by atoms with Gasteiger partial charge in [0, 0.05) is 21.6 Å². The van der Waals surface area contributed by atoms with Crippen LogP contribution in [-0.2, 0) is 0 Å². The molecule has 0 saturated carbocycles. The minimum Gasteiger partial charge on any atom is -0.478 e. The second-order valence-corrected chi connectivity index (χ2v) is 4.73. The zero-order valence-electron chi connectivity index (χ0n) is 9.85. The number of hydrogen-bond donors (Lipinski definition) is 2. The van der Waals surface area contributed by atoms with Crippen LogP contribution in [0.4, 0.5) is 0 Å². The summed E-state index contributed by atoms with van der Waals surface area (Å²) in [6, 6.07) is 14.5. The number of carboxylic acid groups (broad SMARTS) is 1. The van der Waals surface area contributed by atoms with Crippen molar-refractivity contribution in [1.82, 2.24) is 4.98 Å². The number of fused-ring (bicyclic) bond motifs is 1. The van der Waals surface area contributed by atoms with Crippen molar-refractivity contribution in [2.75, 3.05) is 0 Å². The van der Waals surface area contributed by atoms with Crippen molar-refractivity contribution in [2.24, 2.45) is 0 Å². The van der Waals surface area contributed by atoms with Gasteiger partial charge in [0.2, 0.25) is 0 Å². The van der Waals surface area contributed by atoms with Crippen LogP contribution < -0.4 is 0 Å². The number of carboxylic acids is 1. The molecule has 3 aromatic rings. The Kier molecular flexibility index (Phi) is 2.76. The van der Waals surface area contributed by atoms with E-state index < -0.39 is 5.97 Å². The first-order valence-electron chi connectivity index (χ1n) is 5.75. The van der Waals surface area contributed by atoms with Crippen LogP contribution >= 0.6 is 11.6 Å². The van der Waals surface area contributed by atoms with E-state index in [4.69, 9.17) is 16.7 Å². The van der Waals surface area contributed by atoms with Crippen LogP contribution in [0.2, 0.25) is 5.02 Å². The quantitative estimate of drug-likeness (QED) is 0.734. The molecular formula is C15H10ClNO2. The van der Waals surface area contributed by atoms with Crippen LogP contribution in [0.3, 0.4) is 0 Å². The molecule has 2 N–H and O–H groups in total. The van der Waals surface area contributed by atoms with E-state index in [1.54, 1.807) is 18.2 Å². The van der Waals surface area contributed by atoms with Crippen molar-refractivity contribution in [3.8, 4) is 11.3 Å². The molecule has 0 atom stereocenters. The zero-order chi connectivity index (χ0) is 13.4. The number of nitrogens with one attached hydrogen (secondary N) is 1. The van der Waals surface area contributed by atoms with Crippen molar-refractivity contribution in [3.63, 3.8) is 0 Å². The molecule has 0 fully saturated rings. The van der Waals surface area contributed by atoms with Crippen LogP contribution in [0.1, 0.15) is 10.4 Å². The fourth-order valence-electron chi connectivity index (χ4n) is 2.05. The van der Waals surface area contributed by atoms with Gasteiger partial charge in [0.25, 0.3) is 0 Å². The highest BCUT2D eigenvalue weighted by Crippen LogP contribution is 2.26. The minimum absolute atomic E-state index is 0.286. The van der Waals surface area contributed by atoms with E-state index in [2.05, 4.69) is 4.98 Å². The van der Waals surface area contributed by atoms with Gasteiger partial charge >= 0.3 is 5.97 Å². The first-order chi connectivity index (χ1) is 9.13. The summed E-state index contributed by atoms with van der Waals surface area (Å²) in [4.78, 5) is 14.2. The molecule has 3 nitrogen and oxygen atoms in total. The SMILES string of the molecule is O=C(O)c1ccc2[nH]c(-c3ccc(Cl)cc3)cc2c1. The molecule has 0 aliphatic rings. The molecule has 94 valence electrons. The van der Waals surface area contributed by atoms with Gasteiger partial charge < -0.3 is 10.1 Å².